The minimum absolute atomic E-state index is 1.11. The van der Waals surface area contributed by atoms with E-state index < -0.39 is 0 Å². The molecule has 0 aliphatic heterocycles. The Morgan fingerprint density at radius 3 is 1.79 bits per heavy atom. The first kappa shape index (κ1) is 30.4. The van der Waals surface area contributed by atoms with Gasteiger partial charge < -0.3 is 4.90 Å². The van der Waals surface area contributed by atoms with E-state index in [2.05, 4.69) is 205 Å². The summed E-state index contributed by atoms with van der Waals surface area (Å²) in [6.07, 6.45) is 0. The summed E-state index contributed by atoms with van der Waals surface area (Å²) in [5, 5.41) is 7.58. The average molecular weight is 680 g/mol. The first-order chi connectivity index (χ1) is 25.8. The molecule has 9 aromatic carbocycles. The summed E-state index contributed by atoms with van der Waals surface area (Å²) >= 11 is 1.86. The van der Waals surface area contributed by atoms with Gasteiger partial charge in [0.1, 0.15) is 0 Å². The molecule has 0 unspecified atom stereocenters. The fourth-order valence-electron chi connectivity index (χ4n) is 7.67. The lowest BCUT2D eigenvalue weighted by Gasteiger charge is -2.29. The highest BCUT2D eigenvalue weighted by Crippen LogP contribution is 2.46. The minimum Gasteiger partial charge on any atom is -0.310 e. The highest BCUT2D eigenvalue weighted by atomic mass is 32.1. The quantitative estimate of drug-likeness (QED) is 0.169. The van der Waals surface area contributed by atoms with Gasteiger partial charge in [-0.1, -0.05) is 152 Å². The van der Waals surface area contributed by atoms with Crippen molar-refractivity contribution in [1.29, 1.82) is 0 Å². The Labute approximate surface area is 307 Å². The monoisotopic (exact) mass is 679 g/mol. The van der Waals surface area contributed by atoms with E-state index in [-0.39, 0.29) is 0 Å². The zero-order chi connectivity index (χ0) is 34.4. The molecule has 0 saturated heterocycles. The molecule has 1 aromatic heterocycles. The molecule has 0 bridgehead atoms. The van der Waals surface area contributed by atoms with Gasteiger partial charge in [0, 0.05) is 37.1 Å². The van der Waals surface area contributed by atoms with Crippen LogP contribution in [-0.2, 0) is 0 Å². The average Bonchev–Trinajstić information content (AvgIpc) is 3.59. The third-order valence-corrected chi connectivity index (χ3v) is 11.4. The van der Waals surface area contributed by atoms with Gasteiger partial charge in [-0.3, -0.25) is 0 Å². The number of benzene rings is 9. The normalized spacial score (nSPS) is 11.5. The van der Waals surface area contributed by atoms with Crippen LogP contribution in [0.1, 0.15) is 0 Å². The molecule has 0 aliphatic carbocycles. The molecule has 0 N–H and O–H groups in total. The van der Waals surface area contributed by atoms with E-state index in [1.54, 1.807) is 0 Å². The van der Waals surface area contributed by atoms with Crippen LogP contribution in [0, 0.1) is 0 Å². The summed E-state index contributed by atoms with van der Waals surface area (Å²) in [5.74, 6) is 0. The van der Waals surface area contributed by atoms with Crippen LogP contribution >= 0.6 is 11.3 Å². The Bertz CT molecular complexity index is 2900. The van der Waals surface area contributed by atoms with Gasteiger partial charge in [-0.05, 0) is 97.9 Å². The Hall–Kier alpha value is -6.48. The molecular weight excluding hydrogens is 647 g/mol. The predicted molar refractivity (Wildman–Crippen MR) is 225 cm³/mol. The van der Waals surface area contributed by atoms with E-state index in [1.165, 1.54) is 75.1 Å². The third-order valence-electron chi connectivity index (χ3n) is 10.3. The van der Waals surface area contributed by atoms with Crippen molar-refractivity contribution >= 4 is 70.1 Å². The maximum Gasteiger partial charge on any atom is 0.0546 e. The Balaban J connectivity index is 1.20. The van der Waals surface area contributed by atoms with Gasteiger partial charge >= 0.3 is 0 Å². The molecule has 10 rings (SSSR count). The minimum atomic E-state index is 1.11. The van der Waals surface area contributed by atoms with E-state index in [1.807, 2.05) is 11.3 Å². The number of hydrogen-bond donors (Lipinski definition) is 0. The molecule has 1 nitrogen and oxygen atoms in total. The van der Waals surface area contributed by atoms with Gasteiger partial charge in [0.05, 0.1) is 5.69 Å². The molecule has 0 saturated carbocycles. The standard InChI is InChI=1S/C50H33NS/c1-2-12-36(13-3-1)45-29-25-40(39-22-21-34-11-4-5-15-38(34)31-39)32-48(45)51(42-28-30-50-47(33-42)46-18-8-9-20-49(46)52-50)41-26-23-37(24-27-41)44-19-10-16-35-14-6-7-17-43(35)44/h1-33H. The second kappa shape index (κ2) is 12.7. The lowest BCUT2D eigenvalue weighted by molar-refractivity contribution is 1.29. The molecule has 0 atom stereocenters. The highest BCUT2D eigenvalue weighted by molar-refractivity contribution is 7.25. The van der Waals surface area contributed by atoms with Crippen LogP contribution in [0.5, 0.6) is 0 Å². The molecule has 0 spiro atoms. The van der Waals surface area contributed by atoms with Crippen molar-refractivity contribution < 1.29 is 0 Å². The van der Waals surface area contributed by atoms with Crippen molar-refractivity contribution in [3.8, 4) is 33.4 Å². The smallest absolute Gasteiger partial charge is 0.0546 e. The summed E-state index contributed by atoms with van der Waals surface area (Å²) in [4.78, 5) is 2.45. The first-order valence-electron chi connectivity index (χ1n) is 17.8. The Morgan fingerprint density at radius 1 is 0.308 bits per heavy atom. The lowest BCUT2D eigenvalue weighted by atomic mass is 9.95. The van der Waals surface area contributed by atoms with Crippen molar-refractivity contribution in [3.63, 3.8) is 0 Å². The number of thiophene rings is 1. The van der Waals surface area contributed by atoms with Gasteiger partial charge in [0.25, 0.3) is 0 Å². The maximum atomic E-state index is 2.45. The van der Waals surface area contributed by atoms with Crippen LogP contribution in [0.2, 0.25) is 0 Å². The van der Waals surface area contributed by atoms with Gasteiger partial charge in [-0.25, -0.2) is 0 Å². The van der Waals surface area contributed by atoms with Crippen LogP contribution in [0.15, 0.2) is 200 Å². The molecule has 0 amide bonds. The molecule has 1 heterocycles. The Morgan fingerprint density at radius 2 is 0.923 bits per heavy atom. The van der Waals surface area contributed by atoms with Crippen LogP contribution in [0.3, 0.4) is 0 Å². The molecule has 52 heavy (non-hydrogen) atoms. The number of rotatable bonds is 6. The second-order valence-corrected chi connectivity index (χ2v) is 14.4. The van der Waals surface area contributed by atoms with E-state index >= 15 is 0 Å². The largest absolute Gasteiger partial charge is 0.310 e. The summed E-state index contributed by atoms with van der Waals surface area (Å²) < 4.78 is 2.60. The van der Waals surface area contributed by atoms with E-state index in [0.717, 1.165) is 17.1 Å². The van der Waals surface area contributed by atoms with E-state index in [9.17, 15) is 0 Å². The molecule has 0 aliphatic rings. The summed E-state index contributed by atoms with van der Waals surface area (Å²) in [6, 6.07) is 73.1. The van der Waals surface area contributed by atoms with Gasteiger partial charge in [-0.2, -0.15) is 0 Å². The third kappa shape index (κ3) is 5.33. The summed E-state index contributed by atoms with van der Waals surface area (Å²) in [7, 11) is 0. The topological polar surface area (TPSA) is 3.24 Å². The second-order valence-electron chi connectivity index (χ2n) is 13.3. The van der Waals surface area contributed by atoms with Gasteiger partial charge in [0.15, 0.2) is 0 Å². The molecular formula is C50H33NS. The zero-order valence-electron chi connectivity index (χ0n) is 28.4. The fraction of sp³-hybridized carbons (Fsp3) is 0. The maximum absolute atomic E-state index is 2.45. The highest BCUT2D eigenvalue weighted by Gasteiger charge is 2.20. The molecule has 2 heteroatoms. The van der Waals surface area contributed by atoms with Crippen LogP contribution in [-0.4, -0.2) is 0 Å². The molecule has 244 valence electrons. The Kier molecular flexibility index (Phi) is 7.41. The van der Waals surface area contributed by atoms with Gasteiger partial charge in [-0.15, -0.1) is 11.3 Å². The predicted octanol–water partition coefficient (Wildman–Crippen LogP) is 14.8. The van der Waals surface area contributed by atoms with Crippen molar-refractivity contribution in [3.05, 3.63) is 200 Å². The van der Waals surface area contributed by atoms with Crippen molar-refractivity contribution in [2.24, 2.45) is 0 Å². The summed E-state index contributed by atoms with van der Waals surface area (Å²) in [5.41, 5.74) is 10.6. The molecule has 0 radical (unpaired) electrons. The lowest BCUT2D eigenvalue weighted by Crippen LogP contribution is -2.11. The van der Waals surface area contributed by atoms with Gasteiger partial charge in [0.2, 0.25) is 0 Å². The number of fused-ring (bicyclic) bond motifs is 5. The first-order valence-corrected chi connectivity index (χ1v) is 18.6. The fourth-order valence-corrected chi connectivity index (χ4v) is 8.76. The van der Waals surface area contributed by atoms with Crippen LogP contribution < -0.4 is 4.90 Å². The van der Waals surface area contributed by atoms with Crippen molar-refractivity contribution in [1.82, 2.24) is 0 Å². The number of hydrogen-bond acceptors (Lipinski definition) is 2. The van der Waals surface area contributed by atoms with Crippen molar-refractivity contribution in [2.75, 3.05) is 4.90 Å². The number of anilines is 3. The SMILES string of the molecule is c1ccc(-c2ccc(-c3ccc4ccccc4c3)cc2N(c2ccc(-c3cccc4ccccc34)cc2)c2ccc3sc4ccccc4c3c2)cc1. The summed E-state index contributed by atoms with van der Waals surface area (Å²) in [6.45, 7) is 0. The van der Waals surface area contributed by atoms with E-state index in [4.69, 9.17) is 0 Å². The van der Waals surface area contributed by atoms with E-state index in [0.29, 0.717) is 0 Å². The number of nitrogens with zero attached hydrogens (tertiary/aromatic N) is 1. The van der Waals surface area contributed by atoms with Crippen molar-refractivity contribution in [2.45, 2.75) is 0 Å². The molecule has 10 aromatic rings. The molecule has 0 fully saturated rings. The van der Waals surface area contributed by atoms with Crippen LogP contribution in [0.25, 0.3) is 75.1 Å². The zero-order valence-corrected chi connectivity index (χ0v) is 29.2. The van der Waals surface area contributed by atoms with Crippen LogP contribution in [0.4, 0.5) is 17.1 Å².